The molecule has 0 amide bonds. The number of rotatable bonds is 7. The monoisotopic (exact) mass is 328 g/mol. The lowest BCUT2D eigenvalue weighted by molar-refractivity contribution is -0.144. The van der Waals surface area contributed by atoms with E-state index in [9.17, 15) is 18.0 Å². The average Bonchev–Trinajstić information content (AvgIpc) is 2.78. The Labute approximate surface area is 131 Å². The van der Waals surface area contributed by atoms with E-state index in [2.05, 4.69) is 4.98 Å². The van der Waals surface area contributed by atoms with E-state index < -0.39 is 12.7 Å². The Balaban J connectivity index is 2.21. The number of aryl methyl sites for hydroxylation is 1. The van der Waals surface area contributed by atoms with E-state index in [0.29, 0.717) is 16.6 Å². The van der Waals surface area contributed by atoms with E-state index in [1.54, 1.807) is 19.1 Å². The first-order valence-corrected chi connectivity index (χ1v) is 7.32. The molecule has 0 fully saturated rings. The Morgan fingerprint density at radius 1 is 1.30 bits per heavy atom. The van der Waals surface area contributed by atoms with Crippen LogP contribution < -0.4 is 0 Å². The largest absolute Gasteiger partial charge is 0.401 e. The van der Waals surface area contributed by atoms with Gasteiger partial charge in [-0.05, 0) is 19.4 Å². The number of H-pyrrole nitrogens is 1. The number of aliphatic hydroxyl groups excluding tert-OH is 1. The average molecular weight is 328 g/mol. The van der Waals surface area contributed by atoms with Crippen molar-refractivity contribution in [3.8, 4) is 0 Å². The van der Waals surface area contributed by atoms with E-state index in [1.165, 1.54) is 0 Å². The topological polar surface area (TPSA) is 56.3 Å². The molecule has 0 spiro atoms. The van der Waals surface area contributed by atoms with Crippen LogP contribution in [-0.2, 0) is 0 Å². The second kappa shape index (κ2) is 7.14. The van der Waals surface area contributed by atoms with Gasteiger partial charge in [0.05, 0.1) is 13.1 Å². The summed E-state index contributed by atoms with van der Waals surface area (Å²) in [6.45, 7) is 0.0369. The first kappa shape index (κ1) is 17.5. The molecule has 2 aromatic rings. The van der Waals surface area contributed by atoms with Gasteiger partial charge in [0.25, 0.3) is 0 Å². The molecule has 0 radical (unpaired) electrons. The maximum absolute atomic E-state index is 12.6. The zero-order valence-electron chi connectivity index (χ0n) is 12.8. The normalized spacial score (nSPS) is 12.3. The molecular weight excluding hydrogens is 309 g/mol. The molecule has 0 bridgehead atoms. The van der Waals surface area contributed by atoms with Gasteiger partial charge in [-0.15, -0.1) is 0 Å². The number of hydrogen-bond acceptors (Lipinski definition) is 3. The zero-order chi connectivity index (χ0) is 17.0. The molecule has 4 nitrogen and oxygen atoms in total. The van der Waals surface area contributed by atoms with E-state index >= 15 is 0 Å². The third-order valence-corrected chi connectivity index (χ3v) is 3.57. The summed E-state index contributed by atoms with van der Waals surface area (Å²) in [5, 5.41) is 9.53. The van der Waals surface area contributed by atoms with Crippen molar-refractivity contribution < 1.29 is 23.1 Å². The van der Waals surface area contributed by atoms with Crippen LogP contribution in [0.15, 0.2) is 24.3 Å². The summed E-state index contributed by atoms with van der Waals surface area (Å²) >= 11 is 0. The van der Waals surface area contributed by atoms with Crippen LogP contribution in [-0.4, -0.2) is 53.2 Å². The zero-order valence-corrected chi connectivity index (χ0v) is 12.8. The molecule has 0 unspecified atom stereocenters. The van der Waals surface area contributed by atoms with Gasteiger partial charge in [-0.25, -0.2) is 0 Å². The Morgan fingerprint density at radius 3 is 2.65 bits per heavy atom. The smallest absolute Gasteiger partial charge is 0.396 e. The molecule has 0 saturated carbocycles. The van der Waals surface area contributed by atoms with Crippen molar-refractivity contribution in [2.75, 3.05) is 26.2 Å². The summed E-state index contributed by atoms with van der Waals surface area (Å²) in [4.78, 5) is 16.6. The predicted octanol–water partition coefficient (Wildman–Crippen LogP) is 2.91. The molecule has 1 heterocycles. The maximum atomic E-state index is 12.6. The molecule has 0 saturated heterocycles. The van der Waals surface area contributed by atoms with Crippen molar-refractivity contribution in [3.05, 3.63) is 35.5 Å². The van der Waals surface area contributed by atoms with Crippen LogP contribution in [0.5, 0.6) is 0 Å². The van der Waals surface area contributed by atoms with Crippen LogP contribution in [0.2, 0.25) is 0 Å². The summed E-state index contributed by atoms with van der Waals surface area (Å²) in [6, 6.07) is 7.20. The first-order valence-electron chi connectivity index (χ1n) is 7.32. The molecule has 0 aliphatic rings. The lowest BCUT2D eigenvalue weighted by Crippen LogP contribution is -2.38. The minimum atomic E-state index is -4.38. The number of aromatic amines is 1. The van der Waals surface area contributed by atoms with E-state index in [1.807, 2.05) is 12.1 Å². The fourth-order valence-electron chi connectivity index (χ4n) is 2.68. The van der Waals surface area contributed by atoms with Crippen molar-refractivity contribution in [2.24, 2.45) is 0 Å². The van der Waals surface area contributed by atoms with E-state index in [0.717, 1.165) is 10.4 Å². The number of carbonyl (C=O) groups excluding carboxylic acids is 1. The van der Waals surface area contributed by atoms with Crippen LogP contribution in [0.1, 0.15) is 22.5 Å². The van der Waals surface area contributed by atoms with Crippen molar-refractivity contribution in [1.29, 1.82) is 0 Å². The number of hydrogen-bond donors (Lipinski definition) is 2. The number of benzene rings is 1. The van der Waals surface area contributed by atoms with Crippen LogP contribution >= 0.6 is 0 Å². The van der Waals surface area contributed by atoms with Gasteiger partial charge in [-0.1, -0.05) is 18.2 Å². The lowest BCUT2D eigenvalue weighted by atomic mass is 10.1. The SMILES string of the molecule is Cc1[nH]c2ccccc2c1C(=O)CN(CCCO)CC(F)(F)F. The molecular formula is C16H19F3N2O2. The fourth-order valence-corrected chi connectivity index (χ4v) is 2.68. The fraction of sp³-hybridized carbons (Fsp3) is 0.438. The van der Waals surface area contributed by atoms with Crippen molar-refractivity contribution in [1.82, 2.24) is 9.88 Å². The Bertz CT molecular complexity index is 680. The summed E-state index contributed by atoms with van der Waals surface area (Å²) < 4.78 is 37.9. The van der Waals surface area contributed by atoms with Gasteiger partial charge >= 0.3 is 6.18 Å². The number of Topliss-reactive ketones (excluding diaryl/α,β-unsaturated/α-hetero) is 1. The molecule has 23 heavy (non-hydrogen) atoms. The van der Waals surface area contributed by atoms with Gasteiger partial charge in [-0.3, -0.25) is 9.69 Å². The van der Waals surface area contributed by atoms with E-state index in [4.69, 9.17) is 5.11 Å². The standard InChI is InChI=1S/C16H19F3N2O2/c1-11-15(12-5-2-3-6-13(12)20-11)14(23)9-21(7-4-8-22)10-16(17,18)19/h2-3,5-6,20,22H,4,7-10H2,1H3. The van der Waals surface area contributed by atoms with Gasteiger partial charge in [0.2, 0.25) is 0 Å². The minimum absolute atomic E-state index is 0.0170. The Kier molecular flexibility index (Phi) is 5.43. The third kappa shape index (κ3) is 4.56. The number of fused-ring (bicyclic) bond motifs is 1. The highest BCUT2D eigenvalue weighted by molar-refractivity contribution is 6.10. The molecule has 2 rings (SSSR count). The number of alkyl halides is 3. The second-order valence-corrected chi connectivity index (χ2v) is 5.50. The highest BCUT2D eigenvalue weighted by Gasteiger charge is 2.31. The minimum Gasteiger partial charge on any atom is -0.396 e. The number of nitrogens with zero attached hydrogens (tertiary/aromatic N) is 1. The van der Waals surface area contributed by atoms with Gasteiger partial charge in [0.1, 0.15) is 0 Å². The maximum Gasteiger partial charge on any atom is 0.401 e. The van der Waals surface area contributed by atoms with E-state index in [-0.39, 0.29) is 31.9 Å². The summed E-state index contributed by atoms with van der Waals surface area (Å²) in [5.41, 5.74) is 1.85. The number of aliphatic hydroxyl groups is 1. The number of para-hydroxylation sites is 1. The predicted molar refractivity (Wildman–Crippen MR) is 81.6 cm³/mol. The highest BCUT2D eigenvalue weighted by Crippen LogP contribution is 2.23. The number of aromatic nitrogens is 1. The molecule has 126 valence electrons. The van der Waals surface area contributed by atoms with Crippen LogP contribution in [0, 0.1) is 6.92 Å². The number of carbonyl (C=O) groups is 1. The third-order valence-electron chi connectivity index (χ3n) is 3.57. The molecule has 1 aromatic carbocycles. The first-order chi connectivity index (χ1) is 10.8. The Morgan fingerprint density at radius 2 is 2.00 bits per heavy atom. The van der Waals surface area contributed by atoms with Crippen LogP contribution in [0.3, 0.4) is 0 Å². The molecule has 0 aliphatic carbocycles. The Hall–Kier alpha value is -1.86. The molecule has 0 atom stereocenters. The molecule has 2 N–H and O–H groups in total. The van der Waals surface area contributed by atoms with Gasteiger partial charge in [-0.2, -0.15) is 13.2 Å². The number of ketones is 1. The van der Waals surface area contributed by atoms with Crippen LogP contribution in [0.4, 0.5) is 13.2 Å². The van der Waals surface area contributed by atoms with Gasteiger partial charge < -0.3 is 10.1 Å². The molecule has 0 aliphatic heterocycles. The van der Waals surface area contributed by atoms with Gasteiger partial charge in [0.15, 0.2) is 5.78 Å². The second-order valence-electron chi connectivity index (χ2n) is 5.50. The molecule has 7 heteroatoms. The summed E-state index contributed by atoms with van der Waals surface area (Å²) in [7, 11) is 0. The quantitative estimate of drug-likeness (QED) is 0.769. The van der Waals surface area contributed by atoms with Crippen molar-refractivity contribution in [3.63, 3.8) is 0 Å². The van der Waals surface area contributed by atoms with Crippen molar-refractivity contribution in [2.45, 2.75) is 19.5 Å². The van der Waals surface area contributed by atoms with Crippen molar-refractivity contribution >= 4 is 16.7 Å². The number of nitrogens with one attached hydrogen (secondary N) is 1. The number of halogens is 3. The highest BCUT2D eigenvalue weighted by atomic mass is 19.4. The van der Waals surface area contributed by atoms with Crippen LogP contribution in [0.25, 0.3) is 10.9 Å². The lowest BCUT2D eigenvalue weighted by Gasteiger charge is -2.22. The summed E-state index contributed by atoms with van der Waals surface area (Å²) in [6.07, 6.45) is -4.19. The van der Waals surface area contributed by atoms with Gasteiger partial charge in [0, 0.05) is 35.3 Å². The summed E-state index contributed by atoms with van der Waals surface area (Å²) in [5.74, 6) is -0.359. The molecule has 1 aromatic heterocycles.